The Morgan fingerprint density at radius 3 is 2.56 bits per heavy atom. The zero-order valence-corrected chi connectivity index (χ0v) is 9.56. The first kappa shape index (κ1) is 11.2. The number of carbonyl (C=O) groups is 2. The average Bonchev–Trinajstić information content (AvgIpc) is 2.84. The van der Waals surface area contributed by atoms with Gasteiger partial charge in [-0.2, -0.15) is 0 Å². The Labute approximate surface area is 95.0 Å². The van der Waals surface area contributed by atoms with Gasteiger partial charge in [-0.1, -0.05) is 6.92 Å². The van der Waals surface area contributed by atoms with Crippen molar-refractivity contribution in [1.82, 2.24) is 9.80 Å². The standard InChI is InChI=1S/C11H18N2O3/c1-8-4-6-12(7-8)11(16)13-5-2-3-9(13)10(14)15/h8-9H,2-7H2,1H3,(H,14,15)/t8?,9-/m0/s1. The lowest BCUT2D eigenvalue weighted by Gasteiger charge is -2.27. The topological polar surface area (TPSA) is 60.9 Å². The molecule has 2 aliphatic rings. The molecule has 2 rings (SSSR count). The van der Waals surface area contributed by atoms with Crippen molar-refractivity contribution in [2.24, 2.45) is 5.92 Å². The number of aliphatic carboxylic acids is 1. The van der Waals surface area contributed by atoms with E-state index in [4.69, 9.17) is 5.11 Å². The highest BCUT2D eigenvalue weighted by molar-refractivity contribution is 5.83. The van der Waals surface area contributed by atoms with E-state index in [2.05, 4.69) is 6.92 Å². The average molecular weight is 226 g/mol. The Kier molecular flexibility index (Phi) is 3.03. The first-order chi connectivity index (χ1) is 7.59. The van der Waals surface area contributed by atoms with Crippen LogP contribution in [0.1, 0.15) is 26.2 Å². The van der Waals surface area contributed by atoms with Crippen LogP contribution in [0.15, 0.2) is 0 Å². The fourth-order valence-corrected chi connectivity index (χ4v) is 2.54. The molecule has 2 atom stereocenters. The molecule has 0 spiro atoms. The molecule has 16 heavy (non-hydrogen) atoms. The Balaban J connectivity index is 2.01. The molecule has 5 nitrogen and oxygen atoms in total. The Morgan fingerprint density at radius 1 is 1.25 bits per heavy atom. The van der Waals surface area contributed by atoms with Crippen molar-refractivity contribution in [3.63, 3.8) is 0 Å². The summed E-state index contributed by atoms with van der Waals surface area (Å²) in [6.45, 7) is 4.23. The molecule has 0 saturated carbocycles. The monoisotopic (exact) mass is 226 g/mol. The Bertz CT molecular complexity index is 306. The van der Waals surface area contributed by atoms with Crippen LogP contribution in [0.3, 0.4) is 0 Å². The summed E-state index contributed by atoms with van der Waals surface area (Å²) in [4.78, 5) is 26.4. The van der Waals surface area contributed by atoms with Crippen LogP contribution in [0.25, 0.3) is 0 Å². The summed E-state index contributed by atoms with van der Waals surface area (Å²) in [5.74, 6) is -0.340. The molecule has 2 aliphatic heterocycles. The molecule has 2 saturated heterocycles. The van der Waals surface area contributed by atoms with E-state index in [1.165, 1.54) is 4.90 Å². The van der Waals surface area contributed by atoms with E-state index < -0.39 is 12.0 Å². The van der Waals surface area contributed by atoms with Gasteiger partial charge in [-0.25, -0.2) is 9.59 Å². The van der Waals surface area contributed by atoms with E-state index in [1.807, 2.05) is 0 Å². The van der Waals surface area contributed by atoms with E-state index >= 15 is 0 Å². The Hall–Kier alpha value is -1.26. The molecule has 2 heterocycles. The maximum atomic E-state index is 12.1. The number of urea groups is 1. The fourth-order valence-electron chi connectivity index (χ4n) is 2.54. The quantitative estimate of drug-likeness (QED) is 0.725. The van der Waals surface area contributed by atoms with Crippen LogP contribution in [0.2, 0.25) is 0 Å². The molecule has 0 aromatic carbocycles. The summed E-state index contributed by atoms with van der Waals surface area (Å²) in [5.41, 5.74) is 0. The molecule has 2 amide bonds. The van der Waals surface area contributed by atoms with Gasteiger partial charge < -0.3 is 14.9 Å². The first-order valence-corrected chi connectivity index (χ1v) is 5.88. The molecule has 0 aromatic rings. The lowest BCUT2D eigenvalue weighted by atomic mass is 10.2. The second-order valence-corrected chi connectivity index (χ2v) is 4.81. The number of carboxylic acid groups (broad SMARTS) is 1. The summed E-state index contributed by atoms with van der Waals surface area (Å²) < 4.78 is 0. The molecule has 5 heteroatoms. The van der Waals surface area contributed by atoms with E-state index in [-0.39, 0.29) is 6.03 Å². The molecule has 90 valence electrons. The number of likely N-dealkylation sites (tertiary alicyclic amines) is 2. The van der Waals surface area contributed by atoms with Gasteiger partial charge >= 0.3 is 12.0 Å². The molecule has 0 aromatic heterocycles. The summed E-state index contributed by atoms with van der Waals surface area (Å²) in [6, 6.07) is -0.697. The van der Waals surface area contributed by atoms with Gasteiger partial charge in [0, 0.05) is 19.6 Å². The van der Waals surface area contributed by atoms with Gasteiger partial charge in [0.1, 0.15) is 6.04 Å². The van der Waals surface area contributed by atoms with Crippen molar-refractivity contribution in [3.05, 3.63) is 0 Å². The van der Waals surface area contributed by atoms with E-state index in [1.54, 1.807) is 4.90 Å². The second kappa shape index (κ2) is 4.31. The minimum absolute atomic E-state index is 0.0887. The van der Waals surface area contributed by atoms with E-state index in [9.17, 15) is 9.59 Å². The number of carboxylic acids is 1. The van der Waals surface area contributed by atoms with Crippen molar-refractivity contribution >= 4 is 12.0 Å². The number of rotatable bonds is 1. The maximum Gasteiger partial charge on any atom is 0.326 e. The van der Waals surface area contributed by atoms with Gasteiger partial charge in [-0.3, -0.25) is 0 Å². The van der Waals surface area contributed by atoms with Crippen LogP contribution in [0, 0.1) is 5.92 Å². The van der Waals surface area contributed by atoms with Gasteiger partial charge in [0.15, 0.2) is 0 Å². The van der Waals surface area contributed by atoms with Crippen molar-refractivity contribution in [2.45, 2.75) is 32.2 Å². The van der Waals surface area contributed by atoms with Gasteiger partial charge in [0.05, 0.1) is 0 Å². The lowest BCUT2D eigenvalue weighted by molar-refractivity contribution is -0.141. The summed E-state index contributed by atoms with van der Waals surface area (Å²) in [6.07, 6.45) is 2.41. The van der Waals surface area contributed by atoms with Gasteiger partial charge in [-0.05, 0) is 25.2 Å². The maximum absolute atomic E-state index is 12.1. The zero-order chi connectivity index (χ0) is 11.7. The normalized spacial score (nSPS) is 29.8. The molecule has 0 aliphatic carbocycles. The van der Waals surface area contributed by atoms with Gasteiger partial charge in [0.2, 0.25) is 0 Å². The van der Waals surface area contributed by atoms with Crippen molar-refractivity contribution < 1.29 is 14.7 Å². The number of nitrogens with zero attached hydrogens (tertiary/aromatic N) is 2. The van der Waals surface area contributed by atoms with Crippen molar-refractivity contribution in [2.75, 3.05) is 19.6 Å². The van der Waals surface area contributed by atoms with Gasteiger partial charge in [-0.15, -0.1) is 0 Å². The van der Waals surface area contributed by atoms with Crippen LogP contribution in [-0.4, -0.2) is 52.6 Å². The molecule has 1 N–H and O–H groups in total. The number of amides is 2. The highest BCUT2D eigenvalue weighted by atomic mass is 16.4. The highest BCUT2D eigenvalue weighted by Crippen LogP contribution is 2.23. The third-order valence-corrected chi connectivity index (χ3v) is 3.48. The highest BCUT2D eigenvalue weighted by Gasteiger charge is 2.37. The minimum atomic E-state index is -0.877. The minimum Gasteiger partial charge on any atom is -0.480 e. The fraction of sp³-hybridized carbons (Fsp3) is 0.818. The molecular formula is C11H18N2O3. The van der Waals surface area contributed by atoms with Gasteiger partial charge in [0.25, 0.3) is 0 Å². The smallest absolute Gasteiger partial charge is 0.326 e. The van der Waals surface area contributed by atoms with Crippen molar-refractivity contribution in [1.29, 1.82) is 0 Å². The van der Waals surface area contributed by atoms with E-state index in [0.29, 0.717) is 18.9 Å². The summed E-state index contributed by atoms with van der Waals surface area (Å²) in [5, 5.41) is 9.01. The van der Waals surface area contributed by atoms with Crippen molar-refractivity contribution in [3.8, 4) is 0 Å². The first-order valence-electron chi connectivity index (χ1n) is 5.88. The summed E-state index contributed by atoms with van der Waals surface area (Å²) in [7, 11) is 0. The molecule has 0 radical (unpaired) electrons. The largest absolute Gasteiger partial charge is 0.480 e. The lowest BCUT2D eigenvalue weighted by Crippen LogP contribution is -2.47. The third kappa shape index (κ3) is 1.99. The molecule has 2 fully saturated rings. The Morgan fingerprint density at radius 2 is 2.00 bits per heavy atom. The predicted molar refractivity (Wildman–Crippen MR) is 58.1 cm³/mol. The zero-order valence-electron chi connectivity index (χ0n) is 9.56. The van der Waals surface area contributed by atoms with Crippen LogP contribution in [0.4, 0.5) is 4.79 Å². The molecule has 0 bridgehead atoms. The van der Waals surface area contributed by atoms with Crippen LogP contribution in [-0.2, 0) is 4.79 Å². The SMILES string of the molecule is CC1CCN(C(=O)N2CCC[C@H]2C(=O)O)C1. The number of hydrogen-bond acceptors (Lipinski definition) is 2. The number of carbonyl (C=O) groups excluding carboxylic acids is 1. The second-order valence-electron chi connectivity index (χ2n) is 4.81. The summed E-state index contributed by atoms with van der Waals surface area (Å²) >= 11 is 0. The van der Waals surface area contributed by atoms with Crippen LogP contribution >= 0.6 is 0 Å². The predicted octanol–water partition coefficient (Wildman–Crippen LogP) is 0.997. The molecular weight excluding hydrogens is 208 g/mol. The van der Waals surface area contributed by atoms with E-state index in [0.717, 1.165) is 25.9 Å². The number of hydrogen-bond donors (Lipinski definition) is 1. The third-order valence-electron chi connectivity index (χ3n) is 3.48. The molecule has 1 unspecified atom stereocenters. The van der Waals surface area contributed by atoms with Crippen LogP contribution in [0.5, 0.6) is 0 Å². The van der Waals surface area contributed by atoms with Crippen LogP contribution < -0.4 is 0 Å².